The molecular formula is C19H16F3N3O3. The van der Waals surface area contributed by atoms with Crippen LogP contribution in [-0.4, -0.2) is 29.6 Å². The van der Waals surface area contributed by atoms with E-state index in [1.165, 1.54) is 31.4 Å². The molecule has 0 aliphatic rings. The molecule has 0 aliphatic heterocycles. The molecule has 28 heavy (non-hydrogen) atoms. The Labute approximate surface area is 158 Å². The third-order valence-electron chi connectivity index (χ3n) is 3.80. The zero-order valence-electron chi connectivity index (χ0n) is 14.6. The molecule has 146 valence electrons. The summed E-state index contributed by atoms with van der Waals surface area (Å²) in [5.41, 5.74) is 4.10. The Morgan fingerprint density at radius 1 is 1.11 bits per heavy atom. The molecule has 0 aliphatic carbocycles. The van der Waals surface area contributed by atoms with Gasteiger partial charge in [0.2, 0.25) is 0 Å². The molecule has 0 bridgehead atoms. The average molecular weight is 391 g/mol. The van der Waals surface area contributed by atoms with Crippen molar-refractivity contribution in [2.45, 2.75) is 6.18 Å². The number of aliphatic hydroxyl groups excluding tert-OH is 1. The Bertz CT molecular complexity index is 965. The van der Waals surface area contributed by atoms with Crippen LogP contribution in [0.15, 0.2) is 54.3 Å². The molecule has 2 aromatic carbocycles. The Kier molecular flexibility index (Phi) is 5.87. The van der Waals surface area contributed by atoms with E-state index in [0.29, 0.717) is 11.6 Å². The number of carbonyl (C=O) groups excluding carboxylic acids is 1. The SMILES string of the molecule is COC(=O)c1ccc(C(=N)/C=C(\O)C(=N)c2ccc(C(F)(F)F)cc2N)cc1. The number of esters is 1. The minimum absolute atomic E-state index is 0.101. The molecule has 0 unspecified atom stereocenters. The first-order valence-electron chi connectivity index (χ1n) is 7.78. The van der Waals surface area contributed by atoms with Crippen LogP contribution in [-0.2, 0) is 10.9 Å². The van der Waals surface area contributed by atoms with Crippen molar-refractivity contribution in [3.63, 3.8) is 0 Å². The van der Waals surface area contributed by atoms with Gasteiger partial charge in [0.15, 0.2) is 0 Å². The van der Waals surface area contributed by atoms with E-state index in [0.717, 1.165) is 18.2 Å². The largest absolute Gasteiger partial charge is 0.506 e. The number of alkyl halides is 3. The number of allylic oxidation sites excluding steroid dienone is 2. The number of nitrogens with two attached hydrogens (primary N) is 1. The maximum atomic E-state index is 12.7. The molecule has 2 rings (SSSR count). The van der Waals surface area contributed by atoms with E-state index in [1.807, 2.05) is 0 Å². The fraction of sp³-hybridized carbons (Fsp3) is 0.105. The Balaban J connectivity index is 2.23. The lowest BCUT2D eigenvalue weighted by molar-refractivity contribution is -0.137. The second-order valence-electron chi connectivity index (χ2n) is 5.69. The molecule has 0 saturated carbocycles. The van der Waals surface area contributed by atoms with Crippen molar-refractivity contribution in [1.29, 1.82) is 10.8 Å². The highest BCUT2D eigenvalue weighted by atomic mass is 19.4. The van der Waals surface area contributed by atoms with E-state index in [-0.39, 0.29) is 22.5 Å². The molecule has 0 saturated heterocycles. The van der Waals surface area contributed by atoms with Gasteiger partial charge in [-0.25, -0.2) is 4.79 Å². The number of anilines is 1. The second kappa shape index (κ2) is 7.95. The van der Waals surface area contributed by atoms with Gasteiger partial charge in [0.05, 0.1) is 23.9 Å². The van der Waals surface area contributed by atoms with Crippen molar-refractivity contribution in [2.24, 2.45) is 0 Å². The Morgan fingerprint density at radius 2 is 1.68 bits per heavy atom. The number of benzene rings is 2. The quantitative estimate of drug-likeness (QED) is 0.267. The monoisotopic (exact) mass is 391 g/mol. The maximum absolute atomic E-state index is 12.7. The highest BCUT2D eigenvalue weighted by Gasteiger charge is 2.31. The zero-order chi connectivity index (χ0) is 21.1. The van der Waals surface area contributed by atoms with Crippen LogP contribution in [0.2, 0.25) is 0 Å². The fourth-order valence-corrected chi connectivity index (χ4v) is 2.30. The zero-order valence-corrected chi connectivity index (χ0v) is 14.6. The summed E-state index contributed by atoms with van der Waals surface area (Å²) < 4.78 is 42.6. The number of hydrogen-bond donors (Lipinski definition) is 4. The van der Waals surface area contributed by atoms with E-state index in [9.17, 15) is 23.1 Å². The summed E-state index contributed by atoms with van der Waals surface area (Å²) >= 11 is 0. The number of hydrogen-bond acceptors (Lipinski definition) is 6. The summed E-state index contributed by atoms with van der Waals surface area (Å²) in [4.78, 5) is 11.4. The van der Waals surface area contributed by atoms with E-state index in [1.54, 1.807) is 0 Å². The van der Waals surface area contributed by atoms with Crippen LogP contribution < -0.4 is 5.73 Å². The molecule has 0 spiro atoms. The van der Waals surface area contributed by atoms with Gasteiger partial charge >= 0.3 is 12.1 Å². The summed E-state index contributed by atoms with van der Waals surface area (Å²) in [5, 5.41) is 26.0. The van der Waals surface area contributed by atoms with E-state index in [2.05, 4.69) is 4.74 Å². The Morgan fingerprint density at radius 3 is 2.18 bits per heavy atom. The number of aliphatic hydroxyl groups is 1. The molecule has 2 aromatic rings. The molecule has 0 heterocycles. The predicted molar refractivity (Wildman–Crippen MR) is 98.0 cm³/mol. The van der Waals surface area contributed by atoms with Crippen LogP contribution in [0.5, 0.6) is 0 Å². The van der Waals surface area contributed by atoms with Crippen LogP contribution in [0, 0.1) is 10.8 Å². The summed E-state index contributed by atoms with van der Waals surface area (Å²) in [6.45, 7) is 0. The van der Waals surface area contributed by atoms with Gasteiger partial charge in [-0.05, 0) is 29.8 Å². The van der Waals surface area contributed by atoms with Crippen molar-refractivity contribution < 1.29 is 27.8 Å². The third-order valence-corrected chi connectivity index (χ3v) is 3.80. The second-order valence-corrected chi connectivity index (χ2v) is 5.69. The molecule has 6 nitrogen and oxygen atoms in total. The summed E-state index contributed by atoms with van der Waals surface area (Å²) in [6.07, 6.45) is -3.61. The van der Waals surface area contributed by atoms with Crippen molar-refractivity contribution in [3.8, 4) is 0 Å². The van der Waals surface area contributed by atoms with E-state index >= 15 is 0 Å². The van der Waals surface area contributed by atoms with Gasteiger partial charge < -0.3 is 21.0 Å². The van der Waals surface area contributed by atoms with E-state index < -0.39 is 29.2 Å². The average Bonchev–Trinajstić information content (AvgIpc) is 2.66. The Hall–Kier alpha value is -3.62. The maximum Gasteiger partial charge on any atom is 0.416 e. The first-order chi connectivity index (χ1) is 13.0. The predicted octanol–water partition coefficient (Wildman–Crippen LogP) is 3.95. The summed E-state index contributed by atoms with van der Waals surface area (Å²) in [5.74, 6) is -1.19. The molecular weight excluding hydrogens is 375 g/mol. The van der Waals surface area contributed by atoms with Crippen LogP contribution in [0.3, 0.4) is 0 Å². The minimum Gasteiger partial charge on any atom is -0.506 e. The smallest absolute Gasteiger partial charge is 0.416 e. The lowest BCUT2D eigenvalue weighted by Gasteiger charge is -2.11. The van der Waals surface area contributed by atoms with Crippen LogP contribution in [0.4, 0.5) is 18.9 Å². The number of halogens is 3. The minimum atomic E-state index is -4.58. The van der Waals surface area contributed by atoms with Gasteiger partial charge in [-0.15, -0.1) is 0 Å². The number of rotatable bonds is 5. The fourth-order valence-electron chi connectivity index (χ4n) is 2.30. The number of carbonyl (C=O) groups is 1. The highest BCUT2D eigenvalue weighted by molar-refractivity contribution is 6.17. The van der Waals surface area contributed by atoms with Crippen molar-refractivity contribution in [2.75, 3.05) is 12.8 Å². The van der Waals surface area contributed by atoms with Gasteiger partial charge in [0.1, 0.15) is 11.5 Å². The van der Waals surface area contributed by atoms with Crippen LogP contribution >= 0.6 is 0 Å². The van der Waals surface area contributed by atoms with Crippen molar-refractivity contribution >= 4 is 23.1 Å². The molecule has 5 N–H and O–H groups in total. The summed E-state index contributed by atoms with van der Waals surface area (Å²) in [6, 6.07) is 8.18. The number of nitrogen functional groups attached to an aromatic ring is 1. The molecule has 0 amide bonds. The molecule has 0 radical (unpaired) electrons. The third kappa shape index (κ3) is 4.56. The van der Waals surface area contributed by atoms with Crippen molar-refractivity contribution in [1.82, 2.24) is 0 Å². The highest BCUT2D eigenvalue weighted by Crippen LogP contribution is 2.31. The topological polar surface area (TPSA) is 120 Å². The number of nitrogens with one attached hydrogen (secondary N) is 2. The van der Waals surface area contributed by atoms with Crippen LogP contribution in [0.25, 0.3) is 0 Å². The number of methoxy groups -OCH3 is 1. The first kappa shape index (κ1) is 20.7. The lowest BCUT2D eigenvalue weighted by atomic mass is 10.0. The molecule has 0 atom stereocenters. The lowest BCUT2D eigenvalue weighted by Crippen LogP contribution is -2.11. The molecule has 0 aromatic heterocycles. The van der Waals surface area contributed by atoms with Gasteiger partial charge in [-0.2, -0.15) is 13.2 Å². The van der Waals surface area contributed by atoms with Gasteiger partial charge in [0, 0.05) is 17.3 Å². The number of ether oxygens (including phenoxy) is 1. The standard InChI is InChI=1S/C19H16F3N3O3/c1-28-18(27)11-4-2-10(3-5-11)14(23)9-16(26)17(25)13-7-6-12(8-15(13)24)19(20,21)22/h2-9,23,25-26H,24H2,1H3/b16-9-,23-14?,25-17?. The first-order valence-corrected chi connectivity index (χ1v) is 7.78. The van der Waals surface area contributed by atoms with Gasteiger partial charge in [-0.1, -0.05) is 18.2 Å². The van der Waals surface area contributed by atoms with Gasteiger partial charge in [-0.3, -0.25) is 5.41 Å². The van der Waals surface area contributed by atoms with Crippen LogP contribution in [0.1, 0.15) is 27.0 Å². The normalized spacial score (nSPS) is 11.8. The molecule has 9 heteroatoms. The van der Waals surface area contributed by atoms with Crippen molar-refractivity contribution in [3.05, 3.63) is 76.6 Å². The summed E-state index contributed by atoms with van der Waals surface area (Å²) in [7, 11) is 1.23. The van der Waals surface area contributed by atoms with E-state index in [4.69, 9.17) is 16.6 Å². The molecule has 0 fully saturated rings. The van der Waals surface area contributed by atoms with Gasteiger partial charge in [0.25, 0.3) is 0 Å².